The van der Waals surface area contributed by atoms with Crippen LogP contribution in [0.3, 0.4) is 0 Å². The Morgan fingerprint density at radius 2 is 2.25 bits per heavy atom. The van der Waals surface area contributed by atoms with Crippen LogP contribution >= 0.6 is 0 Å². The molecule has 0 spiro atoms. The van der Waals surface area contributed by atoms with Gasteiger partial charge in [0.15, 0.2) is 0 Å². The number of rotatable bonds is 1. The average Bonchev–Trinajstić information content (AvgIpc) is 2.62. The van der Waals surface area contributed by atoms with Gasteiger partial charge < -0.3 is 10.6 Å². The van der Waals surface area contributed by atoms with Crippen molar-refractivity contribution in [2.24, 2.45) is 11.1 Å². The highest BCUT2D eigenvalue weighted by molar-refractivity contribution is 5.85. The molecular formula is C9H16N2O. The van der Waals surface area contributed by atoms with E-state index < -0.39 is 0 Å². The Hall–Kier alpha value is -0.570. The molecule has 1 saturated heterocycles. The molecule has 2 N–H and O–H groups in total. The van der Waals surface area contributed by atoms with Crippen molar-refractivity contribution in [3.63, 3.8) is 0 Å². The van der Waals surface area contributed by atoms with Crippen LogP contribution in [-0.2, 0) is 4.79 Å². The largest absolute Gasteiger partial charge is 0.341 e. The van der Waals surface area contributed by atoms with Crippen molar-refractivity contribution in [3.05, 3.63) is 0 Å². The monoisotopic (exact) mass is 168 g/mol. The minimum absolute atomic E-state index is 0.00986. The van der Waals surface area contributed by atoms with Crippen LogP contribution in [0.5, 0.6) is 0 Å². The van der Waals surface area contributed by atoms with E-state index >= 15 is 0 Å². The number of hydrogen-bond acceptors (Lipinski definition) is 2. The van der Waals surface area contributed by atoms with Crippen molar-refractivity contribution in [2.45, 2.75) is 32.2 Å². The van der Waals surface area contributed by atoms with Gasteiger partial charge in [-0.05, 0) is 19.3 Å². The number of carbonyl (C=O) groups excluding carboxylic acids is 1. The van der Waals surface area contributed by atoms with Gasteiger partial charge in [0.05, 0.1) is 0 Å². The van der Waals surface area contributed by atoms with Crippen LogP contribution in [0.1, 0.15) is 26.2 Å². The smallest absolute Gasteiger partial charge is 0.228 e. The molecule has 2 fully saturated rings. The zero-order chi connectivity index (χ0) is 8.77. The fourth-order valence-electron chi connectivity index (χ4n) is 1.75. The van der Waals surface area contributed by atoms with Crippen molar-refractivity contribution in [1.29, 1.82) is 0 Å². The second kappa shape index (κ2) is 2.46. The maximum absolute atomic E-state index is 11.7. The Balaban J connectivity index is 1.97. The molecule has 1 aliphatic carbocycles. The van der Waals surface area contributed by atoms with Crippen LogP contribution in [0, 0.1) is 5.41 Å². The van der Waals surface area contributed by atoms with E-state index in [0.29, 0.717) is 5.91 Å². The molecule has 2 aliphatic rings. The van der Waals surface area contributed by atoms with Gasteiger partial charge >= 0.3 is 0 Å². The number of nitrogens with two attached hydrogens (primary N) is 1. The van der Waals surface area contributed by atoms with Gasteiger partial charge in [-0.1, -0.05) is 6.92 Å². The van der Waals surface area contributed by atoms with Crippen LogP contribution < -0.4 is 5.73 Å². The van der Waals surface area contributed by atoms with E-state index in [1.807, 2.05) is 4.90 Å². The van der Waals surface area contributed by atoms with Crippen molar-refractivity contribution in [3.8, 4) is 0 Å². The average molecular weight is 168 g/mol. The lowest BCUT2D eigenvalue weighted by molar-refractivity contribution is -0.135. The van der Waals surface area contributed by atoms with E-state index in [0.717, 1.165) is 32.4 Å². The van der Waals surface area contributed by atoms with Gasteiger partial charge in [-0.3, -0.25) is 4.79 Å². The van der Waals surface area contributed by atoms with Gasteiger partial charge in [0.25, 0.3) is 0 Å². The molecule has 1 heterocycles. The number of amides is 1. The number of carbonyl (C=O) groups is 1. The number of hydrogen-bond donors (Lipinski definition) is 1. The fraction of sp³-hybridized carbons (Fsp3) is 0.889. The molecule has 1 atom stereocenters. The van der Waals surface area contributed by atoms with Crippen LogP contribution in [0.15, 0.2) is 0 Å². The molecule has 1 unspecified atom stereocenters. The zero-order valence-electron chi connectivity index (χ0n) is 7.55. The first-order valence-corrected chi connectivity index (χ1v) is 4.67. The molecular weight excluding hydrogens is 152 g/mol. The van der Waals surface area contributed by atoms with E-state index in [2.05, 4.69) is 6.92 Å². The third-order valence-corrected chi connectivity index (χ3v) is 3.03. The highest BCUT2D eigenvalue weighted by Gasteiger charge is 2.47. The van der Waals surface area contributed by atoms with E-state index in [9.17, 15) is 4.79 Å². The van der Waals surface area contributed by atoms with Crippen LogP contribution in [-0.4, -0.2) is 29.9 Å². The van der Waals surface area contributed by atoms with Gasteiger partial charge in [0.1, 0.15) is 0 Å². The third kappa shape index (κ3) is 1.22. The summed E-state index contributed by atoms with van der Waals surface area (Å²) in [5.74, 6) is 0.329. The van der Waals surface area contributed by atoms with E-state index in [-0.39, 0.29) is 11.5 Å². The van der Waals surface area contributed by atoms with Crippen molar-refractivity contribution in [1.82, 2.24) is 4.90 Å². The lowest BCUT2D eigenvalue weighted by atomic mass is 10.1. The number of nitrogens with zero attached hydrogens (tertiary/aromatic N) is 1. The maximum Gasteiger partial charge on any atom is 0.228 e. The van der Waals surface area contributed by atoms with Gasteiger partial charge in [-0.25, -0.2) is 0 Å². The summed E-state index contributed by atoms with van der Waals surface area (Å²) in [6.45, 7) is 3.70. The summed E-state index contributed by atoms with van der Waals surface area (Å²) in [5, 5.41) is 0. The first-order chi connectivity index (χ1) is 5.62. The van der Waals surface area contributed by atoms with Gasteiger partial charge in [0, 0.05) is 24.5 Å². The van der Waals surface area contributed by atoms with Crippen LogP contribution in [0.4, 0.5) is 0 Å². The van der Waals surface area contributed by atoms with Crippen LogP contribution in [0.2, 0.25) is 0 Å². The predicted molar refractivity (Wildman–Crippen MR) is 46.5 cm³/mol. The number of likely N-dealkylation sites (tertiary alicyclic amines) is 1. The molecule has 0 aromatic rings. The molecule has 68 valence electrons. The van der Waals surface area contributed by atoms with E-state index in [1.54, 1.807) is 0 Å². The van der Waals surface area contributed by atoms with E-state index in [4.69, 9.17) is 5.73 Å². The second-order valence-electron chi connectivity index (χ2n) is 4.36. The summed E-state index contributed by atoms with van der Waals surface area (Å²) < 4.78 is 0. The molecule has 1 amide bonds. The molecule has 1 saturated carbocycles. The molecule has 0 bridgehead atoms. The topological polar surface area (TPSA) is 46.3 Å². The SMILES string of the molecule is CC1(C(=O)N2CCC(N)C2)CC1. The lowest BCUT2D eigenvalue weighted by Gasteiger charge is -2.19. The molecule has 2 rings (SSSR count). The first kappa shape index (κ1) is 8.05. The van der Waals surface area contributed by atoms with Crippen molar-refractivity contribution < 1.29 is 4.79 Å². The quantitative estimate of drug-likeness (QED) is 0.614. The van der Waals surface area contributed by atoms with Crippen molar-refractivity contribution in [2.75, 3.05) is 13.1 Å². The molecule has 0 aromatic carbocycles. The zero-order valence-corrected chi connectivity index (χ0v) is 7.55. The molecule has 3 nitrogen and oxygen atoms in total. The normalized spacial score (nSPS) is 32.2. The molecule has 0 radical (unpaired) electrons. The highest BCUT2D eigenvalue weighted by Crippen LogP contribution is 2.46. The maximum atomic E-state index is 11.7. The van der Waals surface area contributed by atoms with Gasteiger partial charge in [0.2, 0.25) is 5.91 Å². The summed E-state index contributed by atoms with van der Waals surface area (Å²) in [4.78, 5) is 13.7. The van der Waals surface area contributed by atoms with Crippen molar-refractivity contribution >= 4 is 5.91 Å². The van der Waals surface area contributed by atoms with E-state index in [1.165, 1.54) is 0 Å². The Kier molecular flexibility index (Phi) is 1.65. The molecule has 3 heteroatoms. The Morgan fingerprint density at radius 1 is 1.58 bits per heavy atom. The van der Waals surface area contributed by atoms with Gasteiger partial charge in [-0.15, -0.1) is 0 Å². The molecule has 1 aliphatic heterocycles. The molecule has 12 heavy (non-hydrogen) atoms. The second-order valence-corrected chi connectivity index (χ2v) is 4.36. The fourth-order valence-corrected chi connectivity index (χ4v) is 1.75. The summed E-state index contributed by atoms with van der Waals surface area (Å²) in [5.41, 5.74) is 5.72. The highest BCUT2D eigenvalue weighted by atomic mass is 16.2. The standard InChI is InChI=1S/C9H16N2O/c1-9(3-4-9)8(12)11-5-2-7(10)6-11/h7H,2-6,10H2,1H3. The lowest BCUT2D eigenvalue weighted by Crippen LogP contribution is -2.36. The first-order valence-electron chi connectivity index (χ1n) is 4.67. The Bertz CT molecular complexity index is 211. The Morgan fingerprint density at radius 3 is 2.67 bits per heavy atom. The summed E-state index contributed by atoms with van der Waals surface area (Å²) in [7, 11) is 0. The minimum Gasteiger partial charge on any atom is -0.341 e. The van der Waals surface area contributed by atoms with Crippen LogP contribution in [0.25, 0.3) is 0 Å². The predicted octanol–water partition coefficient (Wildman–Crippen LogP) is 0.346. The summed E-state index contributed by atoms with van der Waals surface area (Å²) in [6.07, 6.45) is 3.11. The minimum atomic E-state index is -0.00986. The third-order valence-electron chi connectivity index (χ3n) is 3.03. The summed E-state index contributed by atoms with van der Waals surface area (Å²) >= 11 is 0. The Labute approximate surface area is 72.9 Å². The summed E-state index contributed by atoms with van der Waals surface area (Å²) in [6, 6.07) is 0.219. The van der Waals surface area contributed by atoms with Gasteiger partial charge in [-0.2, -0.15) is 0 Å². The molecule has 0 aromatic heterocycles.